The standard InChI is InChI=1S/C13H15N3O/c1-10-7-12(17-2)4-3-11(10)8-16-13-9-14-5-6-15-13/h3-7,9H,8H2,1-2H3,(H,15,16). The molecule has 0 aliphatic heterocycles. The maximum atomic E-state index is 5.17. The molecule has 0 spiro atoms. The highest BCUT2D eigenvalue weighted by atomic mass is 16.5. The van der Waals surface area contributed by atoms with Crippen molar-refractivity contribution in [1.82, 2.24) is 9.97 Å². The van der Waals surface area contributed by atoms with Crippen molar-refractivity contribution in [2.45, 2.75) is 13.5 Å². The average molecular weight is 229 g/mol. The fourth-order valence-corrected chi connectivity index (χ4v) is 1.57. The molecule has 0 saturated carbocycles. The summed E-state index contributed by atoms with van der Waals surface area (Å²) >= 11 is 0. The van der Waals surface area contributed by atoms with Crippen LogP contribution in [0.15, 0.2) is 36.8 Å². The van der Waals surface area contributed by atoms with Gasteiger partial charge in [-0.15, -0.1) is 0 Å². The molecule has 0 amide bonds. The number of anilines is 1. The van der Waals surface area contributed by atoms with E-state index in [0.717, 1.165) is 18.1 Å². The van der Waals surface area contributed by atoms with Crippen LogP contribution >= 0.6 is 0 Å². The SMILES string of the molecule is COc1ccc(CNc2cnccn2)c(C)c1. The molecule has 0 atom stereocenters. The predicted octanol–water partition coefficient (Wildman–Crippen LogP) is 2.41. The van der Waals surface area contributed by atoms with Gasteiger partial charge in [0.25, 0.3) is 0 Å². The number of benzene rings is 1. The molecule has 1 aromatic heterocycles. The Kier molecular flexibility index (Phi) is 3.55. The Hall–Kier alpha value is -2.10. The lowest BCUT2D eigenvalue weighted by Crippen LogP contribution is -2.03. The highest BCUT2D eigenvalue weighted by Gasteiger charge is 2.00. The van der Waals surface area contributed by atoms with E-state index >= 15 is 0 Å². The third kappa shape index (κ3) is 2.93. The molecule has 0 aliphatic carbocycles. The van der Waals surface area contributed by atoms with Gasteiger partial charge < -0.3 is 10.1 Å². The summed E-state index contributed by atoms with van der Waals surface area (Å²) in [6.07, 6.45) is 5.03. The summed E-state index contributed by atoms with van der Waals surface area (Å²) in [5, 5.41) is 3.22. The second kappa shape index (κ2) is 5.30. The summed E-state index contributed by atoms with van der Waals surface area (Å²) < 4.78 is 5.17. The third-order valence-electron chi connectivity index (χ3n) is 2.57. The van der Waals surface area contributed by atoms with Crippen LogP contribution in [-0.4, -0.2) is 17.1 Å². The number of aryl methyl sites for hydroxylation is 1. The van der Waals surface area contributed by atoms with Crippen molar-refractivity contribution < 1.29 is 4.74 Å². The molecule has 0 bridgehead atoms. The summed E-state index contributed by atoms with van der Waals surface area (Å²) in [6.45, 7) is 2.80. The summed E-state index contributed by atoms with van der Waals surface area (Å²) in [7, 11) is 1.67. The molecule has 1 N–H and O–H groups in total. The smallest absolute Gasteiger partial charge is 0.144 e. The van der Waals surface area contributed by atoms with Gasteiger partial charge in [-0.25, -0.2) is 4.98 Å². The Morgan fingerprint density at radius 3 is 2.82 bits per heavy atom. The van der Waals surface area contributed by atoms with E-state index in [1.54, 1.807) is 25.7 Å². The fourth-order valence-electron chi connectivity index (χ4n) is 1.57. The quantitative estimate of drug-likeness (QED) is 0.874. The molecular weight excluding hydrogens is 214 g/mol. The lowest BCUT2D eigenvalue weighted by atomic mass is 10.1. The first-order valence-electron chi connectivity index (χ1n) is 5.43. The van der Waals surface area contributed by atoms with Crippen molar-refractivity contribution in [3.05, 3.63) is 47.9 Å². The number of aromatic nitrogens is 2. The van der Waals surface area contributed by atoms with Crippen LogP contribution in [0.3, 0.4) is 0 Å². The number of ether oxygens (including phenoxy) is 1. The van der Waals surface area contributed by atoms with Crippen LogP contribution in [0.25, 0.3) is 0 Å². The Bertz CT molecular complexity index is 485. The van der Waals surface area contributed by atoms with E-state index in [9.17, 15) is 0 Å². The summed E-state index contributed by atoms with van der Waals surface area (Å²) in [4.78, 5) is 8.16. The van der Waals surface area contributed by atoms with E-state index in [0.29, 0.717) is 0 Å². The molecule has 0 unspecified atom stereocenters. The first kappa shape index (κ1) is 11.4. The van der Waals surface area contributed by atoms with Crippen LogP contribution in [0.2, 0.25) is 0 Å². The Morgan fingerprint density at radius 2 is 2.18 bits per heavy atom. The van der Waals surface area contributed by atoms with Crippen molar-refractivity contribution in [3.8, 4) is 5.75 Å². The maximum absolute atomic E-state index is 5.17. The van der Waals surface area contributed by atoms with Crippen molar-refractivity contribution >= 4 is 5.82 Å². The maximum Gasteiger partial charge on any atom is 0.144 e. The van der Waals surface area contributed by atoms with Crippen LogP contribution in [0.5, 0.6) is 5.75 Å². The Morgan fingerprint density at radius 1 is 1.29 bits per heavy atom. The Balaban J connectivity index is 2.04. The minimum Gasteiger partial charge on any atom is -0.497 e. The molecule has 1 aromatic carbocycles. The molecule has 0 aliphatic rings. The second-order valence-electron chi connectivity index (χ2n) is 3.74. The molecule has 4 nitrogen and oxygen atoms in total. The first-order chi connectivity index (χ1) is 8.29. The van der Waals surface area contributed by atoms with E-state index < -0.39 is 0 Å². The highest BCUT2D eigenvalue weighted by molar-refractivity contribution is 5.38. The minimum atomic E-state index is 0.731. The molecule has 2 rings (SSSR count). The van der Waals surface area contributed by atoms with Gasteiger partial charge >= 0.3 is 0 Å². The number of nitrogens with one attached hydrogen (secondary N) is 1. The molecular formula is C13H15N3O. The zero-order chi connectivity index (χ0) is 12.1. The molecule has 88 valence electrons. The molecule has 0 radical (unpaired) electrons. The van der Waals surface area contributed by atoms with Gasteiger partial charge in [0.2, 0.25) is 0 Å². The average Bonchev–Trinajstić information content (AvgIpc) is 2.38. The van der Waals surface area contributed by atoms with Crippen LogP contribution in [0.4, 0.5) is 5.82 Å². The summed E-state index contributed by atoms with van der Waals surface area (Å²) in [5.41, 5.74) is 2.41. The number of hydrogen-bond acceptors (Lipinski definition) is 4. The number of rotatable bonds is 4. The molecule has 4 heteroatoms. The Labute approximate surface area is 101 Å². The van der Waals surface area contributed by atoms with E-state index in [1.807, 2.05) is 12.1 Å². The van der Waals surface area contributed by atoms with Crippen molar-refractivity contribution in [2.75, 3.05) is 12.4 Å². The fraction of sp³-hybridized carbons (Fsp3) is 0.231. The van der Waals surface area contributed by atoms with Crippen LogP contribution in [0.1, 0.15) is 11.1 Å². The third-order valence-corrected chi connectivity index (χ3v) is 2.57. The molecule has 0 saturated heterocycles. The van der Waals surface area contributed by atoms with Crippen molar-refractivity contribution in [3.63, 3.8) is 0 Å². The summed E-state index contributed by atoms with van der Waals surface area (Å²) in [5.74, 6) is 1.66. The molecule has 17 heavy (non-hydrogen) atoms. The molecule has 2 aromatic rings. The van der Waals surface area contributed by atoms with Gasteiger partial charge in [-0.2, -0.15) is 0 Å². The van der Waals surface area contributed by atoms with Crippen LogP contribution in [-0.2, 0) is 6.54 Å². The van der Waals surface area contributed by atoms with E-state index in [-0.39, 0.29) is 0 Å². The largest absolute Gasteiger partial charge is 0.497 e. The monoisotopic (exact) mass is 229 g/mol. The van der Waals surface area contributed by atoms with Crippen molar-refractivity contribution in [2.24, 2.45) is 0 Å². The van der Waals surface area contributed by atoms with Gasteiger partial charge in [0, 0.05) is 18.9 Å². The van der Waals surface area contributed by atoms with E-state index in [1.165, 1.54) is 11.1 Å². The molecule has 1 heterocycles. The minimum absolute atomic E-state index is 0.731. The van der Waals surface area contributed by atoms with E-state index in [4.69, 9.17) is 4.74 Å². The van der Waals surface area contributed by atoms with Gasteiger partial charge in [0.1, 0.15) is 11.6 Å². The topological polar surface area (TPSA) is 47.0 Å². The summed E-state index contributed by atoms with van der Waals surface area (Å²) in [6, 6.07) is 6.03. The lowest BCUT2D eigenvalue weighted by molar-refractivity contribution is 0.414. The van der Waals surface area contributed by atoms with Gasteiger partial charge in [0.05, 0.1) is 13.3 Å². The van der Waals surface area contributed by atoms with Gasteiger partial charge in [-0.05, 0) is 30.2 Å². The normalized spacial score (nSPS) is 10.0. The highest BCUT2D eigenvalue weighted by Crippen LogP contribution is 2.17. The van der Waals surface area contributed by atoms with Crippen LogP contribution < -0.4 is 10.1 Å². The number of nitrogens with zero attached hydrogens (tertiary/aromatic N) is 2. The second-order valence-corrected chi connectivity index (χ2v) is 3.74. The zero-order valence-corrected chi connectivity index (χ0v) is 9.97. The number of methoxy groups -OCH3 is 1. The van der Waals surface area contributed by atoms with Gasteiger partial charge in [-0.3, -0.25) is 4.98 Å². The van der Waals surface area contributed by atoms with Crippen LogP contribution in [0, 0.1) is 6.92 Å². The lowest BCUT2D eigenvalue weighted by Gasteiger charge is -2.09. The molecule has 0 fully saturated rings. The zero-order valence-electron chi connectivity index (χ0n) is 9.97. The predicted molar refractivity (Wildman–Crippen MR) is 67.1 cm³/mol. The van der Waals surface area contributed by atoms with E-state index in [2.05, 4.69) is 28.3 Å². The number of hydrogen-bond donors (Lipinski definition) is 1. The van der Waals surface area contributed by atoms with Gasteiger partial charge in [0.15, 0.2) is 0 Å². The van der Waals surface area contributed by atoms with Crippen molar-refractivity contribution in [1.29, 1.82) is 0 Å². The first-order valence-corrected chi connectivity index (χ1v) is 5.43. The van der Waals surface area contributed by atoms with Gasteiger partial charge in [-0.1, -0.05) is 6.07 Å².